The van der Waals surface area contributed by atoms with Gasteiger partial charge in [0.05, 0.1) is 0 Å². The van der Waals surface area contributed by atoms with Gasteiger partial charge in [0, 0.05) is 19.6 Å². The second-order valence-corrected chi connectivity index (χ2v) is 6.27. The van der Waals surface area contributed by atoms with E-state index in [4.69, 9.17) is 0 Å². The molecule has 0 radical (unpaired) electrons. The van der Waals surface area contributed by atoms with Gasteiger partial charge in [0.2, 0.25) is 0 Å². The molecule has 22 heavy (non-hydrogen) atoms. The fourth-order valence-corrected chi connectivity index (χ4v) is 2.65. The molecule has 0 bridgehead atoms. The van der Waals surface area contributed by atoms with Gasteiger partial charge in [-0.05, 0) is 64.6 Å². The quantitative estimate of drug-likeness (QED) is 0.258. The highest BCUT2D eigenvalue weighted by Crippen LogP contribution is 2.16. The van der Waals surface area contributed by atoms with Crippen molar-refractivity contribution < 1.29 is 0 Å². The number of nitrogens with one attached hydrogen (secondary N) is 2. The Hall–Kier alpha value is -0.0400. The van der Waals surface area contributed by atoms with Crippen LogP contribution in [0.2, 0.25) is 0 Å². The van der Waals surface area contributed by atoms with Crippen LogP contribution in [-0.2, 0) is 0 Å². The van der Waals surface area contributed by atoms with Crippen LogP contribution in [0.25, 0.3) is 0 Å². The molecule has 0 aliphatic carbocycles. The maximum atomic E-state index is 4.66. The van der Waals surface area contributed by atoms with Crippen molar-refractivity contribution in [1.82, 2.24) is 15.5 Å². The highest BCUT2D eigenvalue weighted by molar-refractivity contribution is 14.0. The Balaban J connectivity index is 0.00000441. The first-order valence-corrected chi connectivity index (χ1v) is 9.00. The van der Waals surface area contributed by atoms with E-state index in [0.717, 1.165) is 31.5 Å². The molecule has 1 heterocycles. The number of hydrogen-bond acceptors (Lipinski definition) is 2. The molecular formula is C17H37IN4. The fourth-order valence-electron chi connectivity index (χ4n) is 2.65. The van der Waals surface area contributed by atoms with E-state index in [-0.39, 0.29) is 24.0 Å². The van der Waals surface area contributed by atoms with E-state index >= 15 is 0 Å². The normalized spacial score (nSPS) is 17.1. The van der Waals surface area contributed by atoms with E-state index in [1.165, 1.54) is 58.2 Å². The number of unbranched alkanes of at least 4 members (excludes halogenated alkanes) is 2. The molecule has 0 amide bonds. The van der Waals surface area contributed by atoms with Crippen LogP contribution in [0, 0.1) is 5.92 Å². The van der Waals surface area contributed by atoms with Crippen LogP contribution in [0.4, 0.5) is 0 Å². The molecule has 1 fully saturated rings. The molecule has 0 saturated carbocycles. The second-order valence-electron chi connectivity index (χ2n) is 6.27. The van der Waals surface area contributed by atoms with E-state index in [1.807, 2.05) is 0 Å². The number of nitrogens with zero attached hydrogens (tertiary/aromatic N) is 2. The third kappa shape index (κ3) is 10.6. The Morgan fingerprint density at radius 3 is 2.45 bits per heavy atom. The van der Waals surface area contributed by atoms with Gasteiger partial charge >= 0.3 is 0 Å². The zero-order chi connectivity index (χ0) is 15.3. The molecule has 4 nitrogen and oxygen atoms in total. The number of halogens is 1. The molecule has 5 heteroatoms. The van der Waals surface area contributed by atoms with Crippen molar-refractivity contribution in [2.45, 2.75) is 59.3 Å². The molecule has 132 valence electrons. The maximum Gasteiger partial charge on any atom is 0.191 e. The van der Waals surface area contributed by atoms with Gasteiger partial charge in [-0.25, -0.2) is 0 Å². The average molecular weight is 424 g/mol. The lowest BCUT2D eigenvalue weighted by Crippen LogP contribution is -2.37. The molecule has 1 aliphatic heterocycles. The van der Waals surface area contributed by atoms with Crippen molar-refractivity contribution in [1.29, 1.82) is 0 Å². The van der Waals surface area contributed by atoms with Crippen molar-refractivity contribution in [2.75, 3.05) is 39.3 Å². The first-order valence-electron chi connectivity index (χ1n) is 9.00. The summed E-state index contributed by atoms with van der Waals surface area (Å²) in [5.74, 6) is 1.92. The Morgan fingerprint density at radius 1 is 1.09 bits per heavy atom. The summed E-state index contributed by atoms with van der Waals surface area (Å²) in [5, 5.41) is 6.71. The molecule has 0 atom stereocenters. The lowest BCUT2D eigenvalue weighted by atomic mass is 9.99. The van der Waals surface area contributed by atoms with Gasteiger partial charge < -0.3 is 15.5 Å². The molecule has 1 aliphatic rings. The van der Waals surface area contributed by atoms with Gasteiger partial charge in [0.15, 0.2) is 5.96 Å². The van der Waals surface area contributed by atoms with Crippen LogP contribution >= 0.6 is 24.0 Å². The van der Waals surface area contributed by atoms with Crippen LogP contribution in [0.1, 0.15) is 59.3 Å². The van der Waals surface area contributed by atoms with Crippen molar-refractivity contribution in [2.24, 2.45) is 10.9 Å². The summed E-state index contributed by atoms with van der Waals surface area (Å²) in [5.41, 5.74) is 0. The third-order valence-electron chi connectivity index (χ3n) is 4.20. The largest absolute Gasteiger partial charge is 0.357 e. The van der Waals surface area contributed by atoms with Crippen molar-refractivity contribution >= 4 is 29.9 Å². The molecule has 0 aromatic heterocycles. The van der Waals surface area contributed by atoms with E-state index < -0.39 is 0 Å². The highest BCUT2D eigenvalue weighted by atomic mass is 127. The summed E-state index contributed by atoms with van der Waals surface area (Å²) < 4.78 is 0. The smallest absolute Gasteiger partial charge is 0.191 e. The Kier molecular flexibility index (Phi) is 14.5. The molecule has 2 N–H and O–H groups in total. The molecule has 0 aromatic carbocycles. The summed E-state index contributed by atoms with van der Waals surface area (Å²) in [6.07, 6.45) is 7.65. The van der Waals surface area contributed by atoms with Crippen molar-refractivity contribution in [3.05, 3.63) is 0 Å². The molecule has 1 saturated heterocycles. The molecule has 1 rings (SSSR count). The fraction of sp³-hybridized carbons (Fsp3) is 0.941. The minimum atomic E-state index is 0. The summed E-state index contributed by atoms with van der Waals surface area (Å²) in [6.45, 7) is 13.4. The van der Waals surface area contributed by atoms with E-state index in [2.05, 4.69) is 41.3 Å². The van der Waals surface area contributed by atoms with Crippen LogP contribution in [0.3, 0.4) is 0 Å². The first-order chi connectivity index (χ1) is 10.3. The Bertz CT molecular complexity index is 276. The topological polar surface area (TPSA) is 39.7 Å². The number of aliphatic imine (C=N–C) groups is 1. The summed E-state index contributed by atoms with van der Waals surface area (Å²) >= 11 is 0. The second kappa shape index (κ2) is 14.5. The number of rotatable bonds is 9. The van der Waals surface area contributed by atoms with Gasteiger partial charge in [0.25, 0.3) is 0 Å². The summed E-state index contributed by atoms with van der Waals surface area (Å²) in [7, 11) is 0. The maximum absolute atomic E-state index is 4.66. The van der Waals surface area contributed by atoms with Gasteiger partial charge in [-0.2, -0.15) is 0 Å². The monoisotopic (exact) mass is 424 g/mol. The molecule has 0 unspecified atom stereocenters. The number of hydrogen-bond donors (Lipinski definition) is 2. The summed E-state index contributed by atoms with van der Waals surface area (Å²) in [6, 6.07) is 0. The number of likely N-dealkylation sites (tertiary alicyclic amines) is 1. The van der Waals surface area contributed by atoms with Crippen LogP contribution < -0.4 is 10.6 Å². The number of guanidine groups is 1. The lowest BCUT2D eigenvalue weighted by molar-refractivity contribution is 0.190. The average Bonchev–Trinajstić information content (AvgIpc) is 2.49. The minimum absolute atomic E-state index is 0. The predicted octanol–water partition coefficient (Wildman–Crippen LogP) is 3.47. The standard InChI is InChI=1S/C17H36N4.HI/c1-4-6-11-19-17(18-5-2)20-12-7-8-13-21-14-9-16(3)10-15-21;/h16H,4-15H2,1-3H3,(H2,18,19,20);1H. The predicted molar refractivity (Wildman–Crippen MR) is 108 cm³/mol. The zero-order valence-electron chi connectivity index (χ0n) is 14.9. The minimum Gasteiger partial charge on any atom is -0.357 e. The zero-order valence-corrected chi connectivity index (χ0v) is 17.2. The molecule has 0 aromatic rings. The first kappa shape index (κ1) is 22.0. The number of piperidine rings is 1. The Labute approximate surface area is 154 Å². The lowest BCUT2D eigenvalue weighted by Gasteiger charge is -2.30. The van der Waals surface area contributed by atoms with E-state index in [9.17, 15) is 0 Å². The third-order valence-corrected chi connectivity index (χ3v) is 4.20. The van der Waals surface area contributed by atoms with E-state index in [1.54, 1.807) is 0 Å². The van der Waals surface area contributed by atoms with E-state index in [0.29, 0.717) is 0 Å². The van der Waals surface area contributed by atoms with Crippen LogP contribution in [0.15, 0.2) is 4.99 Å². The van der Waals surface area contributed by atoms with Gasteiger partial charge in [-0.1, -0.05) is 20.3 Å². The Morgan fingerprint density at radius 2 is 1.82 bits per heavy atom. The SMILES string of the molecule is CCCCNC(=NCCCCN1CCC(C)CC1)NCC.I. The van der Waals surface area contributed by atoms with Crippen molar-refractivity contribution in [3.63, 3.8) is 0 Å². The molecular weight excluding hydrogens is 387 g/mol. The van der Waals surface area contributed by atoms with Crippen LogP contribution in [-0.4, -0.2) is 50.1 Å². The van der Waals surface area contributed by atoms with Gasteiger partial charge in [-0.15, -0.1) is 24.0 Å². The van der Waals surface area contributed by atoms with Crippen molar-refractivity contribution in [3.8, 4) is 0 Å². The van der Waals surface area contributed by atoms with Gasteiger partial charge in [-0.3, -0.25) is 4.99 Å². The molecule has 0 spiro atoms. The van der Waals surface area contributed by atoms with Gasteiger partial charge in [0.1, 0.15) is 0 Å². The van der Waals surface area contributed by atoms with Crippen LogP contribution in [0.5, 0.6) is 0 Å². The highest BCUT2D eigenvalue weighted by Gasteiger charge is 2.14. The summed E-state index contributed by atoms with van der Waals surface area (Å²) in [4.78, 5) is 7.28.